The fraction of sp³-hybridized carbons (Fsp3) is 0.167. The predicted octanol–water partition coefficient (Wildman–Crippen LogP) is 4.63. The maximum atomic E-state index is 6.03. The molecule has 2 aromatic carbocycles. The van der Waals surface area contributed by atoms with Gasteiger partial charge in [0.2, 0.25) is 0 Å². The Labute approximate surface area is 174 Å². The Morgan fingerprint density at radius 1 is 0.900 bits per heavy atom. The molecule has 6 nitrogen and oxygen atoms in total. The molecular weight excluding hydrogens is 372 g/mol. The second-order valence-corrected chi connectivity index (χ2v) is 7.88. The number of nitrogens with zero attached hydrogens (tertiary/aromatic N) is 3. The smallest absolute Gasteiger partial charge is 0.160 e. The highest BCUT2D eigenvalue weighted by Crippen LogP contribution is 2.30. The molecule has 3 aromatic heterocycles. The zero-order valence-corrected chi connectivity index (χ0v) is 17.1. The van der Waals surface area contributed by atoms with Crippen LogP contribution in [0.5, 0.6) is 0 Å². The molecule has 0 aliphatic carbocycles. The summed E-state index contributed by atoms with van der Waals surface area (Å²) < 4.78 is 0. The van der Waals surface area contributed by atoms with Gasteiger partial charge in [-0.1, -0.05) is 36.4 Å². The summed E-state index contributed by atoms with van der Waals surface area (Å²) in [5.74, 6) is 1.30. The zero-order valence-electron chi connectivity index (χ0n) is 17.1. The van der Waals surface area contributed by atoms with Gasteiger partial charge in [-0.3, -0.25) is 4.90 Å². The molecule has 0 fully saturated rings. The lowest BCUT2D eigenvalue weighted by molar-refractivity contribution is 0.319. The molecule has 4 N–H and O–H groups in total. The maximum absolute atomic E-state index is 6.03. The molecule has 150 valence electrons. The highest BCUT2D eigenvalue weighted by atomic mass is 15.1. The number of H-pyrrole nitrogens is 2. The SMILES string of the molecule is Cc1nc2c(-c3cc4cc(CN(C)Cc5ccccc5)ccc4[nH]3)cc(N)nc2[nH]1. The molecule has 6 heteroatoms. The molecule has 0 radical (unpaired) electrons. The van der Waals surface area contributed by atoms with E-state index in [1.807, 2.05) is 13.0 Å². The lowest BCUT2D eigenvalue weighted by Crippen LogP contribution is -2.17. The third-order valence-electron chi connectivity index (χ3n) is 5.31. The van der Waals surface area contributed by atoms with Crippen molar-refractivity contribution in [1.29, 1.82) is 0 Å². The number of aromatic amines is 2. The third kappa shape index (κ3) is 3.53. The van der Waals surface area contributed by atoms with E-state index < -0.39 is 0 Å². The van der Waals surface area contributed by atoms with E-state index >= 15 is 0 Å². The second kappa shape index (κ2) is 7.31. The van der Waals surface area contributed by atoms with Crippen molar-refractivity contribution < 1.29 is 0 Å². The molecule has 0 amide bonds. The summed E-state index contributed by atoms with van der Waals surface area (Å²) in [5.41, 5.74) is 13.2. The maximum Gasteiger partial charge on any atom is 0.160 e. The minimum atomic E-state index is 0.475. The van der Waals surface area contributed by atoms with Gasteiger partial charge in [-0.2, -0.15) is 0 Å². The van der Waals surface area contributed by atoms with Crippen LogP contribution in [0.15, 0.2) is 60.7 Å². The van der Waals surface area contributed by atoms with E-state index in [1.54, 1.807) is 0 Å². The number of benzene rings is 2. The van der Waals surface area contributed by atoms with Crippen molar-refractivity contribution in [2.45, 2.75) is 20.0 Å². The van der Waals surface area contributed by atoms with Crippen molar-refractivity contribution in [2.24, 2.45) is 0 Å². The molecule has 0 bridgehead atoms. The first-order valence-electron chi connectivity index (χ1n) is 10.0. The lowest BCUT2D eigenvalue weighted by atomic mass is 10.1. The van der Waals surface area contributed by atoms with Gasteiger partial charge >= 0.3 is 0 Å². The number of anilines is 1. The van der Waals surface area contributed by atoms with Crippen molar-refractivity contribution in [3.63, 3.8) is 0 Å². The number of aryl methyl sites for hydroxylation is 1. The Kier molecular flexibility index (Phi) is 4.48. The fourth-order valence-electron chi connectivity index (χ4n) is 4.02. The first-order valence-corrected chi connectivity index (χ1v) is 10.0. The van der Waals surface area contributed by atoms with Crippen molar-refractivity contribution >= 4 is 27.9 Å². The minimum Gasteiger partial charge on any atom is -0.384 e. The Morgan fingerprint density at radius 3 is 2.53 bits per heavy atom. The molecule has 0 unspecified atom stereocenters. The van der Waals surface area contributed by atoms with Crippen LogP contribution in [0.1, 0.15) is 17.0 Å². The van der Waals surface area contributed by atoms with Gasteiger partial charge in [-0.05, 0) is 49.4 Å². The Bertz CT molecular complexity index is 1330. The minimum absolute atomic E-state index is 0.475. The Morgan fingerprint density at radius 2 is 1.70 bits per heavy atom. The molecule has 5 rings (SSSR count). The molecule has 5 aromatic rings. The number of nitrogen functional groups attached to an aromatic ring is 1. The summed E-state index contributed by atoms with van der Waals surface area (Å²) in [6.45, 7) is 3.73. The average molecular weight is 396 g/mol. The van der Waals surface area contributed by atoms with E-state index in [9.17, 15) is 0 Å². The van der Waals surface area contributed by atoms with Crippen LogP contribution in [0.25, 0.3) is 33.3 Å². The Balaban J connectivity index is 1.45. The zero-order chi connectivity index (χ0) is 20.7. The quantitative estimate of drug-likeness (QED) is 0.404. The van der Waals surface area contributed by atoms with Gasteiger partial charge in [0.05, 0.1) is 0 Å². The average Bonchev–Trinajstić information content (AvgIpc) is 3.30. The van der Waals surface area contributed by atoms with Crippen LogP contribution >= 0.6 is 0 Å². The van der Waals surface area contributed by atoms with E-state index in [2.05, 4.69) is 86.5 Å². The summed E-state index contributed by atoms with van der Waals surface area (Å²) >= 11 is 0. The van der Waals surface area contributed by atoms with E-state index in [4.69, 9.17) is 5.73 Å². The summed E-state index contributed by atoms with van der Waals surface area (Å²) in [6.07, 6.45) is 0. The number of nitrogens with one attached hydrogen (secondary N) is 2. The number of hydrogen-bond acceptors (Lipinski definition) is 4. The van der Waals surface area contributed by atoms with Crippen LogP contribution < -0.4 is 5.73 Å². The molecule has 0 spiro atoms. The van der Waals surface area contributed by atoms with Crippen LogP contribution in [-0.4, -0.2) is 31.9 Å². The van der Waals surface area contributed by atoms with E-state index in [1.165, 1.54) is 16.5 Å². The normalized spacial score (nSPS) is 11.7. The monoisotopic (exact) mass is 396 g/mol. The second-order valence-electron chi connectivity index (χ2n) is 7.88. The highest BCUT2D eigenvalue weighted by Gasteiger charge is 2.13. The number of aromatic nitrogens is 4. The summed E-state index contributed by atoms with van der Waals surface area (Å²) in [6, 6.07) is 21.1. The number of pyridine rings is 1. The molecule has 0 saturated carbocycles. The van der Waals surface area contributed by atoms with Gasteiger partial charge in [0.1, 0.15) is 17.2 Å². The third-order valence-corrected chi connectivity index (χ3v) is 5.31. The van der Waals surface area contributed by atoms with Crippen molar-refractivity contribution in [3.05, 3.63) is 77.6 Å². The van der Waals surface area contributed by atoms with E-state index in [-0.39, 0.29) is 0 Å². The van der Waals surface area contributed by atoms with Gasteiger partial charge < -0.3 is 15.7 Å². The number of imidazole rings is 1. The van der Waals surface area contributed by atoms with Crippen molar-refractivity contribution in [1.82, 2.24) is 24.8 Å². The van der Waals surface area contributed by atoms with Gasteiger partial charge in [0, 0.05) is 35.2 Å². The van der Waals surface area contributed by atoms with Crippen LogP contribution in [-0.2, 0) is 13.1 Å². The molecule has 0 atom stereocenters. The first-order chi connectivity index (χ1) is 14.5. The summed E-state index contributed by atoms with van der Waals surface area (Å²) in [5, 5.41) is 1.17. The molecule has 30 heavy (non-hydrogen) atoms. The summed E-state index contributed by atoms with van der Waals surface area (Å²) in [7, 11) is 2.15. The van der Waals surface area contributed by atoms with Gasteiger partial charge in [-0.25, -0.2) is 9.97 Å². The summed E-state index contributed by atoms with van der Waals surface area (Å²) in [4.78, 5) is 18.0. The topological polar surface area (TPSA) is 86.6 Å². The van der Waals surface area contributed by atoms with Gasteiger partial charge in [0.15, 0.2) is 5.65 Å². The lowest BCUT2D eigenvalue weighted by Gasteiger charge is -2.16. The number of rotatable bonds is 5. The molecule has 0 saturated heterocycles. The number of hydrogen-bond donors (Lipinski definition) is 3. The number of nitrogens with two attached hydrogens (primary N) is 1. The first kappa shape index (κ1) is 18.4. The Hall–Kier alpha value is -3.64. The van der Waals surface area contributed by atoms with Crippen LogP contribution in [0.4, 0.5) is 5.82 Å². The van der Waals surface area contributed by atoms with Crippen LogP contribution in [0.3, 0.4) is 0 Å². The molecular formula is C24H24N6. The predicted molar refractivity (Wildman–Crippen MR) is 122 cm³/mol. The molecule has 0 aliphatic heterocycles. The van der Waals surface area contributed by atoms with Gasteiger partial charge in [0.25, 0.3) is 0 Å². The van der Waals surface area contributed by atoms with Gasteiger partial charge in [-0.15, -0.1) is 0 Å². The molecule has 0 aliphatic rings. The number of fused-ring (bicyclic) bond motifs is 2. The highest BCUT2D eigenvalue weighted by molar-refractivity contribution is 5.95. The largest absolute Gasteiger partial charge is 0.384 e. The fourth-order valence-corrected chi connectivity index (χ4v) is 4.02. The van der Waals surface area contributed by atoms with Crippen molar-refractivity contribution in [3.8, 4) is 11.3 Å². The molecule has 3 heterocycles. The van der Waals surface area contributed by atoms with Crippen LogP contribution in [0, 0.1) is 6.92 Å². The standard InChI is InChI=1S/C24H24N6/c1-15-26-23-19(12-22(25)29-24(23)27-15)21-11-18-10-17(8-9-20(18)28-21)14-30(2)13-16-6-4-3-5-7-16/h3-12,28H,13-14H2,1-2H3,(H3,25,26,27,29). The van der Waals surface area contributed by atoms with Crippen molar-refractivity contribution in [2.75, 3.05) is 12.8 Å². The van der Waals surface area contributed by atoms with E-state index in [0.29, 0.717) is 11.5 Å². The van der Waals surface area contributed by atoms with Crippen LogP contribution in [0.2, 0.25) is 0 Å². The van der Waals surface area contributed by atoms with E-state index in [0.717, 1.165) is 41.2 Å².